The second-order valence-corrected chi connectivity index (χ2v) is 6.02. The lowest BCUT2D eigenvalue weighted by Gasteiger charge is -2.11. The maximum Gasteiger partial charge on any atom is 0.280 e. The summed E-state index contributed by atoms with van der Waals surface area (Å²) in [6.45, 7) is 0. The molecule has 0 aliphatic carbocycles. The lowest BCUT2D eigenvalue weighted by molar-refractivity contribution is 0.622. The van der Waals surface area contributed by atoms with Crippen LogP contribution < -0.4 is 10.5 Å². The van der Waals surface area contributed by atoms with Crippen LogP contribution in [0.5, 0.6) is 0 Å². The summed E-state index contributed by atoms with van der Waals surface area (Å²) in [6.07, 6.45) is 0. The number of hydrogen-bond acceptors (Lipinski definition) is 4. The van der Waals surface area contributed by atoms with Crippen LogP contribution >= 0.6 is 0 Å². The van der Waals surface area contributed by atoms with Crippen molar-refractivity contribution >= 4 is 27.7 Å². The maximum atomic E-state index is 12.6. The molecule has 0 bridgehead atoms. The number of para-hydroxylation sites is 1. The Kier molecular flexibility index (Phi) is 3.16. The van der Waals surface area contributed by atoms with E-state index in [4.69, 9.17) is 4.42 Å². The van der Waals surface area contributed by atoms with Crippen molar-refractivity contribution in [3.63, 3.8) is 0 Å². The molecule has 0 saturated carbocycles. The van der Waals surface area contributed by atoms with Crippen LogP contribution in [0.25, 0.3) is 33.5 Å². The summed E-state index contributed by atoms with van der Waals surface area (Å²) in [6, 6.07) is 15.6. The van der Waals surface area contributed by atoms with Gasteiger partial charge in [-0.15, -0.1) is 0 Å². The molecule has 0 unspecified atom stereocenters. The molecule has 5 nitrogen and oxygen atoms in total. The molecule has 0 saturated heterocycles. The monoisotopic (exact) mass is 319 g/mol. The third-order valence-electron chi connectivity index (χ3n) is 4.28. The van der Waals surface area contributed by atoms with E-state index >= 15 is 0 Å². The summed E-state index contributed by atoms with van der Waals surface area (Å²) in [4.78, 5) is 19.0. The number of aryl methyl sites for hydroxylation is 1. The molecule has 0 aliphatic rings. The van der Waals surface area contributed by atoms with Crippen molar-refractivity contribution in [2.75, 3.05) is 19.0 Å². The molecule has 0 radical (unpaired) electrons. The van der Waals surface area contributed by atoms with Crippen LogP contribution in [-0.2, 0) is 7.05 Å². The number of nitrogens with zero attached hydrogens (tertiary/aromatic N) is 3. The molecule has 24 heavy (non-hydrogen) atoms. The molecule has 2 aromatic heterocycles. The van der Waals surface area contributed by atoms with Gasteiger partial charge >= 0.3 is 0 Å². The first-order valence-corrected chi connectivity index (χ1v) is 7.72. The van der Waals surface area contributed by atoms with Gasteiger partial charge in [-0.2, -0.15) is 0 Å². The van der Waals surface area contributed by atoms with Crippen molar-refractivity contribution in [1.29, 1.82) is 0 Å². The molecule has 5 heteroatoms. The Bertz CT molecular complexity index is 1110. The molecule has 2 heterocycles. The predicted molar refractivity (Wildman–Crippen MR) is 96.5 cm³/mol. The van der Waals surface area contributed by atoms with E-state index in [0.717, 1.165) is 22.2 Å². The zero-order valence-corrected chi connectivity index (χ0v) is 13.8. The van der Waals surface area contributed by atoms with Gasteiger partial charge < -0.3 is 13.9 Å². The number of anilines is 1. The van der Waals surface area contributed by atoms with Crippen LogP contribution in [-0.4, -0.2) is 23.6 Å². The minimum atomic E-state index is -0.149. The van der Waals surface area contributed by atoms with Crippen molar-refractivity contribution in [2.24, 2.45) is 7.05 Å². The van der Waals surface area contributed by atoms with Crippen molar-refractivity contribution in [1.82, 2.24) is 9.55 Å². The van der Waals surface area contributed by atoms with E-state index in [1.165, 1.54) is 0 Å². The van der Waals surface area contributed by atoms with Crippen molar-refractivity contribution in [2.45, 2.75) is 0 Å². The van der Waals surface area contributed by atoms with Crippen LogP contribution in [0.1, 0.15) is 0 Å². The Morgan fingerprint density at radius 1 is 1.04 bits per heavy atom. The summed E-state index contributed by atoms with van der Waals surface area (Å²) in [5, 5.41) is 0.887. The minimum Gasteiger partial charge on any atom is -0.435 e. The Morgan fingerprint density at radius 2 is 1.75 bits per heavy atom. The van der Waals surface area contributed by atoms with Crippen molar-refractivity contribution in [3.8, 4) is 11.5 Å². The topological polar surface area (TPSA) is 51.3 Å². The van der Waals surface area contributed by atoms with Gasteiger partial charge in [0.25, 0.3) is 5.56 Å². The van der Waals surface area contributed by atoms with E-state index in [1.54, 1.807) is 11.6 Å². The molecule has 0 fully saturated rings. The molecule has 0 atom stereocenters. The van der Waals surface area contributed by atoms with Gasteiger partial charge in [-0.3, -0.25) is 4.79 Å². The maximum absolute atomic E-state index is 12.6. The Labute approximate surface area is 138 Å². The molecule has 4 aromatic rings. The zero-order valence-electron chi connectivity index (χ0n) is 13.8. The molecule has 2 aromatic carbocycles. The van der Waals surface area contributed by atoms with E-state index in [9.17, 15) is 4.79 Å². The van der Waals surface area contributed by atoms with Gasteiger partial charge in [0, 0.05) is 37.8 Å². The Hall–Kier alpha value is -3.08. The number of aromatic nitrogens is 2. The predicted octanol–water partition coefficient (Wildman–Crippen LogP) is 3.41. The molecule has 0 amide bonds. The Balaban J connectivity index is 1.97. The summed E-state index contributed by atoms with van der Waals surface area (Å²) >= 11 is 0. The zero-order chi connectivity index (χ0) is 16.8. The van der Waals surface area contributed by atoms with Gasteiger partial charge in [0.05, 0.1) is 5.52 Å². The number of pyridine rings is 1. The lowest BCUT2D eigenvalue weighted by Crippen LogP contribution is -2.17. The van der Waals surface area contributed by atoms with E-state index in [-0.39, 0.29) is 5.56 Å². The summed E-state index contributed by atoms with van der Waals surface area (Å²) in [7, 11) is 5.74. The quantitative estimate of drug-likeness (QED) is 0.568. The van der Waals surface area contributed by atoms with Crippen LogP contribution in [0.4, 0.5) is 5.69 Å². The number of oxazole rings is 1. The van der Waals surface area contributed by atoms with E-state index in [1.807, 2.05) is 67.5 Å². The lowest BCUT2D eigenvalue weighted by atomic mass is 10.2. The third-order valence-corrected chi connectivity index (χ3v) is 4.28. The first-order chi connectivity index (χ1) is 11.6. The Morgan fingerprint density at radius 3 is 2.46 bits per heavy atom. The average Bonchev–Trinajstić information content (AvgIpc) is 3.05. The van der Waals surface area contributed by atoms with Gasteiger partial charge in [0.15, 0.2) is 11.1 Å². The molecule has 4 rings (SSSR count). The molecule has 0 spiro atoms. The van der Waals surface area contributed by atoms with Crippen LogP contribution in [0.15, 0.2) is 57.7 Å². The number of fused-ring (bicyclic) bond motifs is 3. The summed E-state index contributed by atoms with van der Waals surface area (Å²) in [5.74, 6) is 0.462. The summed E-state index contributed by atoms with van der Waals surface area (Å²) in [5.41, 5.74) is 3.53. The molecule has 0 N–H and O–H groups in total. The van der Waals surface area contributed by atoms with Gasteiger partial charge in [0.1, 0.15) is 0 Å². The van der Waals surface area contributed by atoms with Crippen LogP contribution in [0, 0.1) is 0 Å². The highest BCUT2D eigenvalue weighted by molar-refractivity contribution is 6.01. The van der Waals surface area contributed by atoms with Crippen LogP contribution in [0.2, 0.25) is 0 Å². The second-order valence-electron chi connectivity index (χ2n) is 6.02. The fourth-order valence-electron chi connectivity index (χ4n) is 2.90. The van der Waals surface area contributed by atoms with E-state index in [2.05, 4.69) is 4.98 Å². The highest BCUT2D eigenvalue weighted by Crippen LogP contribution is 2.28. The van der Waals surface area contributed by atoms with Crippen molar-refractivity contribution in [3.05, 3.63) is 58.9 Å². The number of rotatable bonds is 2. The third kappa shape index (κ3) is 2.09. The van der Waals surface area contributed by atoms with Crippen molar-refractivity contribution < 1.29 is 4.42 Å². The molecular weight excluding hydrogens is 302 g/mol. The first kappa shape index (κ1) is 14.5. The van der Waals surface area contributed by atoms with E-state index < -0.39 is 0 Å². The molecule has 120 valence electrons. The standard InChI is InChI=1S/C19H17N3O2/c1-21(2)13-10-8-12(9-11-13)18-20-16-17(24-18)14-6-4-5-7-15(14)22(3)19(16)23/h4-11H,1-3H3. The smallest absolute Gasteiger partial charge is 0.280 e. The molecule has 0 aliphatic heterocycles. The minimum absolute atomic E-state index is 0.149. The fourth-order valence-corrected chi connectivity index (χ4v) is 2.90. The fraction of sp³-hybridized carbons (Fsp3) is 0.158. The largest absolute Gasteiger partial charge is 0.435 e. The highest BCUT2D eigenvalue weighted by atomic mass is 16.3. The van der Waals surface area contributed by atoms with Gasteiger partial charge in [-0.1, -0.05) is 12.1 Å². The van der Waals surface area contributed by atoms with E-state index in [0.29, 0.717) is 17.0 Å². The highest BCUT2D eigenvalue weighted by Gasteiger charge is 2.16. The normalized spacial score (nSPS) is 11.3. The second kappa shape index (κ2) is 5.23. The van der Waals surface area contributed by atoms with Gasteiger partial charge in [-0.25, -0.2) is 4.98 Å². The van der Waals surface area contributed by atoms with Gasteiger partial charge in [0.2, 0.25) is 5.89 Å². The number of benzene rings is 2. The first-order valence-electron chi connectivity index (χ1n) is 7.72. The number of hydrogen-bond donors (Lipinski definition) is 0. The molecular formula is C19H17N3O2. The SMILES string of the molecule is CN(C)c1ccc(-c2nc3c(=O)n(C)c4ccccc4c3o2)cc1. The van der Waals surface area contributed by atoms with Gasteiger partial charge in [-0.05, 0) is 36.4 Å². The van der Waals surface area contributed by atoms with Crippen LogP contribution in [0.3, 0.4) is 0 Å². The average molecular weight is 319 g/mol. The summed E-state index contributed by atoms with van der Waals surface area (Å²) < 4.78 is 7.58.